The van der Waals surface area contributed by atoms with Gasteiger partial charge in [0.05, 0.1) is 20.1 Å². The zero-order chi connectivity index (χ0) is 15.1. The Morgan fingerprint density at radius 2 is 1.76 bits per heavy atom. The standard InChI is InChI=1S/C17H19NO3/c1-21-16-8-6-13(7-9-16)11-18-17(20)10-14-4-2-3-5-15(14)12-19/h2-9,19H,10-12H2,1H3,(H,18,20). The van der Waals surface area contributed by atoms with Crippen LogP contribution in [0.3, 0.4) is 0 Å². The Kier molecular flexibility index (Phi) is 5.35. The summed E-state index contributed by atoms with van der Waals surface area (Å²) in [6.45, 7) is 0.423. The van der Waals surface area contributed by atoms with Gasteiger partial charge in [-0.15, -0.1) is 0 Å². The maximum Gasteiger partial charge on any atom is 0.224 e. The summed E-state index contributed by atoms with van der Waals surface area (Å²) >= 11 is 0. The number of methoxy groups -OCH3 is 1. The van der Waals surface area contributed by atoms with Crippen molar-refractivity contribution in [3.8, 4) is 5.75 Å². The molecule has 2 aromatic carbocycles. The van der Waals surface area contributed by atoms with E-state index in [-0.39, 0.29) is 18.9 Å². The number of nitrogens with one attached hydrogen (secondary N) is 1. The third-order valence-electron chi connectivity index (χ3n) is 3.29. The summed E-state index contributed by atoms with van der Waals surface area (Å²) in [5, 5.41) is 12.1. The van der Waals surface area contributed by atoms with Crippen LogP contribution in [0.4, 0.5) is 0 Å². The van der Waals surface area contributed by atoms with Gasteiger partial charge in [-0.3, -0.25) is 4.79 Å². The molecule has 0 aliphatic carbocycles. The van der Waals surface area contributed by atoms with E-state index in [9.17, 15) is 9.90 Å². The molecule has 0 heterocycles. The molecule has 4 nitrogen and oxygen atoms in total. The van der Waals surface area contributed by atoms with Gasteiger partial charge in [-0.1, -0.05) is 36.4 Å². The van der Waals surface area contributed by atoms with Gasteiger partial charge >= 0.3 is 0 Å². The van der Waals surface area contributed by atoms with Gasteiger partial charge in [0.25, 0.3) is 0 Å². The van der Waals surface area contributed by atoms with E-state index < -0.39 is 0 Å². The van der Waals surface area contributed by atoms with Gasteiger partial charge in [-0.05, 0) is 28.8 Å². The topological polar surface area (TPSA) is 58.6 Å². The molecule has 21 heavy (non-hydrogen) atoms. The lowest BCUT2D eigenvalue weighted by molar-refractivity contribution is -0.120. The average molecular weight is 285 g/mol. The molecule has 0 aliphatic rings. The lowest BCUT2D eigenvalue weighted by atomic mass is 10.0. The first-order valence-corrected chi connectivity index (χ1v) is 6.80. The van der Waals surface area contributed by atoms with Gasteiger partial charge in [0.1, 0.15) is 5.75 Å². The predicted octanol–water partition coefficient (Wildman–Crippen LogP) is 2.05. The second-order valence-corrected chi connectivity index (χ2v) is 4.73. The Labute approximate surface area is 124 Å². The summed E-state index contributed by atoms with van der Waals surface area (Å²) in [6, 6.07) is 15.0. The van der Waals surface area contributed by atoms with Crippen LogP contribution in [0.25, 0.3) is 0 Å². The molecular formula is C17H19NO3. The largest absolute Gasteiger partial charge is 0.497 e. The van der Waals surface area contributed by atoms with E-state index >= 15 is 0 Å². The fraction of sp³-hybridized carbons (Fsp3) is 0.235. The maximum atomic E-state index is 12.0. The smallest absolute Gasteiger partial charge is 0.224 e. The highest BCUT2D eigenvalue weighted by Crippen LogP contribution is 2.12. The third-order valence-corrected chi connectivity index (χ3v) is 3.29. The van der Waals surface area contributed by atoms with E-state index in [1.165, 1.54) is 0 Å². The highest BCUT2D eigenvalue weighted by Gasteiger charge is 2.07. The zero-order valence-corrected chi connectivity index (χ0v) is 12.0. The monoisotopic (exact) mass is 285 g/mol. The summed E-state index contributed by atoms with van der Waals surface area (Å²) in [4.78, 5) is 12.0. The number of ether oxygens (including phenoxy) is 1. The van der Waals surface area contributed by atoms with Crippen LogP contribution in [-0.4, -0.2) is 18.1 Å². The van der Waals surface area contributed by atoms with E-state index in [1.54, 1.807) is 7.11 Å². The third kappa shape index (κ3) is 4.33. The molecular weight excluding hydrogens is 266 g/mol. The molecule has 0 fully saturated rings. The number of amides is 1. The number of rotatable bonds is 6. The minimum Gasteiger partial charge on any atom is -0.497 e. The molecule has 1 amide bonds. The second-order valence-electron chi connectivity index (χ2n) is 4.73. The summed E-state index contributed by atoms with van der Waals surface area (Å²) in [5.41, 5.74) is 2.66. The molecule has 0 unspecified atom stereocenters. The van der Waals surface area contributed by atoms with Crippen molar-refractivity contribution in [2.45, 2.75) is 19.6 Å². The van der Waals surface area contributed by atoms with E-state index in [4.69, 9.17) is 4.74 Å². The minimum atomic E-state index is -0.0632. The fourth-order valence-electron chi connectivity index (χ4n) is 2.06. The van der Waals surface area contributed by atoms with Crippen molar-refractivity contribution in [2.24, 2.45) is 0 Å². The summed E-state index contributed by atoms with van der Waals surface area (Å²) < 4.78 is 5.09. The number of aliphatic hydroxyl groups excluding tert-OH is 1. The Morgan fingerprint density at radius 3 is 2.38 bits per heavy atom. The number of aliphatic hydroxyl groups is 1. The van der Waals surface area contributed by atoms with Crippen molar-refractivity contribution in [2.75, 3.05) is 7.11 Å². The quantitative estimate of drug-likeness (QED) is 0.854. The highest BCUT2D eigenvalue weighted by atomic mass is 16.5. The van der Waals surface area contributed by atoms with E-state index in [1.807, 2.05) is 48.5 Å². The van der Waals surface area contributed by atoms with Crippen LogP contribution in [0.15, 0.2) is 48.5 Å². The molecule has 2 N–H and O–H groups in total. The van der Waals surface area contributed by atoms with Crippen molar-refractivity contribution < 1.29 is 14.6 Å². The van der Waals surface area contributed by atoms with Crippen molar-refractivity contribution in [1.82, 2.24) is 5.32 Å². The van der Waals surface area contributed by atoms with Crippen LogP contribution in [0.2, 0.25) is 0 Å². The van der Waals surface area contributed by atoms with Crippen molar-refractivity contribution in [1.29, 1.82) is 0 Å². The van der Waals surface area contributed by atoms with Crippen LogP contribution in [-0.2, 0) is 24.4 Å². The molecule has 0 spiro atoms. The maximum absolute atomic E-state index is 12.0. The van der Waals surface area contributed by atoms with Gasteiger partial charge in [0, 0.05) is 6.54 Å². The number of hydrogen-bond donors (Lipinski definition) is 2. The summed E-state index contributed by atoms with van der Waals surface area (Å²) in [5.74, 6) is 0.730. The number of hydrogen-bond acceptors (Lipinski definition) is 3. The molecule has 0 radical (unpaired) electrons. The lowest BCUT2D eigenvalue weighted by Crippen LogP contribution is -2.25. The van der Waals surface area contributed by atoms with Crippen LogP contribution < -0.4 is 10.1 Å². The molecule has 2 rings (SSSR count). The molecule has 0 bridgehead atoms. The van der Waals surface area contributed by atoms with Gasteiger partial charge in [0.15, 0.2) is 0 Å². The summed E-state index contributed by atoms with van der Waals surface area (Å²) in [6.07, 6.45) is 0.271. The van der Waals surface area contributed by atoms with E-state index in [2.05, 4.69) is 5.32 Å². The van der Waals surface area contributed by atoms with Crippen LogP contribution in [0.5, 0.6) is 5.75 Å². The second kappa shape index (κ2) is 7.45. The van der Waals surface area contributed by atoms with Crippen LogP contribution in [0, 0.1) is 0 Å². The number of carbonyl (C=O) groups excluding carboxylic acids is 1. The number of benzene rings is 2. The Morgan fingerprint density at radius 1 is 1.10 bits per heavy atom. The van der Waals surface area contributed by atoms with Crippen LogP contribution >= 0.6 is 0 Å². The first-order valence-electron chi connectivity index (χ1n) is 6.80. The molecule has 110 valence electrons. The molecule has 0 aliphatic heterocycles. The van der Waals surface area contributed by atoms with Gasteiger partial charge in [-0.2, -0.15) is 0 Å². The van der Waals surface area contributed by atoms with Gasteiger partial charge in [-0.25, -0.2) is 0 Å². The minimum absolute atomic E-state index is 0.0536. The van der Waals surface area contributed by atoms with Crippen LogP contribution in [0.1, 0.15) is 16.7 Å². The van der Waals surface area contributed by atoms with Gasteiger partial charge < -0.3 is 15.2 Å². The molecule has 0 aromatic heterocycles. The van der Waals surface area contributed by atoms with Crippen molar-refractivity contribution >= 4 is 5.91 Å². The predicted molar refractivity (Wildman–Crippen MR) is 80.9 cm³/mol. The molecule has 0 atom stereocenters. The fourth-order valence-corrected chi connectivity index (χ4v) is 2.06. The number of carbonyl (C=O) groups is 1. The molecule has 4 heteroatoms. The normalized spacial score (nSPS) is 10.2. The van der Waals surface area contributed by atoms with E-state index in [0.29, 0.717) is 6.54 Å². The Balaban J connectivity index is 1.89. The average Bonchev–Trinajstić information content (AvgIpc) is 2.54. The highest BCUT2D eigenvalue weighted by molar-refractivity contribution is 5.78. The summed E-state index contributed by atoms with van der Waals surface area (Å²) in [7, 11) is 1.62. The lowest BCUT2D eigenvalue weighted by Gasteiger charge is -2.09. The van der Waals surface area contributed by atoms with Gasteiger partial charge in [0.2, 0.25) is 5.91 Å². The SMILES string of the molecule is COc1ccc(CNC(=O)Cc2ccccc2CO)cc1. The molecule has 0 saturated heterocycles. The van der Waals surface area contributed by atoms with Crippen molar-refractivity contribution in [3.05, 3.63) is 65.2 Å². The Hall–Kier alpha value is -2.33. The first-order chi connectivity index (χ1) is 10.2. The zero-order valence-electron chi connectivity index (χ0n) is 12.0. The van der Waals surface area contributed by atoms with E-state index in [0.717, 1.165) is 22.4 Å². The molecule has 2 aromatic rings. The Bertz CT molecular complexity index is 593. The van der Waals surface area contributed by atoms with Crippen molar-refractivity contribution in [3.63, 3.8) is 0 Å². The molecule has 0 saturated carbocycles. The first kappa shape index (κ1) is 15.1.